The molecule has 0 spiro atoms. The van der Waals surface area contributed by atoms with Crippen LogP contribution in [0, 0.1) is 0 Å². The third kappa shape index (κ3) is 1.24. The summed E-state index contributed by atoms with van der Waals surface area (Å²) in [5, 5.41) is 5.24. The van der Waals surface area contributed by atoms with Crippen LogP contribution in [-0.2, 0) is 13.6 Å². The molecule has 0 radical (unpaired) electrons. The van der Waals surface area contributed by atoms with E-state index in [2.05, 4.69) is 26.0 Å². The Hall–Kier alpha value is -0.940. The Morgan fingerprint density at radius 1 is 1.54 bits per heavy atom. The standard InChI is InChI=1S/C8H9BrN4/c1-13-7-5(2-10)3-11-4-6(7)8(9)12-13/h3-4H,2,10H2,1H3. The summed E-state index contributed by atoms with van der Waals surface area (Å²) >= 11 is 3.37. The van der Waals surface area contributed by atoms with Crippen molar-refractivity contribution in [1.82, 2.24) is 14.8 Å². The first-order valence-corrected chi connectivity index (χ1v) is 4.68. The number of nitrogens with zero attached hydrogens (tertiary/aromatic N) is 3. The van der Waals surface area contributed by atoms with Gasteiger partial charge in [0, 0.05) is 31.5 Å². The summed E-state index contributed by atoms with van der Waals surface area (Å²) in [6.07, 6.45) is 3.56. The van der Waals surface area contributed by atoms with Crippen LogP contribution in [0.4, 0.5) is 0 Å². The van der Waals surface area contributed by atoms with Crippen LogP contribution in [0.2, 0.25) is 0 Å². The third-order valence-electron chi connectivity index (χ3n) is 2.00. The van der Waals surface area contributed by atoms with Gasteiger partial charge >= 0.3 is 0 Å². The van der Waals surface area contributed by atoms with Gasteiger partial charge in [-0.25, -0.2) is 0 Å². The number of pyridine rings is 1. The molecule has 2 heterocycles. The number of aryl methyl sites for hydroxylation is 1. The first-order valence-electron chi connectivity index (χ1n) is 3.89. The summed E-state index contributed by atoms with van der Waals surface area (Å²) in [6.45, 7) is 0.482. The zero-order valence-electron chi connectivity index (χ0n) is 7.16. The van der Waals surface area contributed by atoms with E-state index in [1.54, 1.807) is 12.4 Å². The largest absolute Gasteiger partial charge is 0.326 e. The van der Waals surface area contributed by atoms with E-state index in [0.29, 0.717) is 6.54 Å². The lowest BCUT2D eigenvalue weighted by molar-refractivity contribution is 0.783. The highest BCUT2D eigenvalue weighted by atomic mass is 79.9. The monoisotopic (exact) mass is 240 g/mol. The quantitative estimate of drug-likeness (QED) is 0.815. The number of aromatic nitrogens is 3. The van der Waals surface area contributed by atoms with Crippen molar-refractivity contribution in [3.63, 3.8) is 0 Å². The lowest BCUT2D eigenvalue weighted by Crippen LogP contribution is -2.01. The van der Waals surface area contributed by atoms with Gasteiger partial charge in [-0.1, -0.05) is 0 Å². The van der Waals surface area contributed by atoms with Crippen LogP contribution in [0.25, 0.3) is 10.9 Å². The molecule has 0 saturated heterocycles. The predicted octanol–water partition coefficient (Wildman–Crippen LogP) is 1.19. The minimum atomic E-state index is 0.482. The highest BCUT2D eigenvalue weighted by molar-refractivity contribution is 9.10. The maximum Gasteiger partial charge on any atom is 0.137 e. The zero-order chi connectivity index (χ0) is 9.42. The minimum absolute atomic E-state index is 0.482. The van der Waals surface area contributed by atoms with E-state index in [4.69, 9.17) is 5.73 Å². The molecule has 0 aliphatic carbocycles. The van der Waals surface area contributed by atoms with Gasteiger partial charge in [0.05, 0.1) is 10.9 Å². The van der Waals surface area contributed by atoms with Crippen molar-refractivity contribution in [2.45, 2.75) is 6.54 Å². The zero-order valence-corrected chi connectivity index (χ0v) is 8.74. The van der Waals surface area contributed by atoms with Gasteiger partial charge in [0.25, 0.3) is 0 Å². The second-order valence-electron chi connectivity index (χ2n) is 2.81. The van der Waals surface area contributed by atoms with Gasteiger partial charge in [-0.3, -0.25) is 9.67 Å². The van der Waals surface area contributed by atoms with Gasteiger partial charge in [0.1, 0.15) is 4.60 Å². The van der Waals surface area contributed by atoms with E-state index in [1.807, 2.05) is 11.7 Å². The van der Waals surface area contributed by atoms with Crippen molar-refractivity contribution in [2.75, 3.05) is 0 Å². The van der Waals surface area contributed by atoms with Crippen LogP contribution >= 0.6 is 15.9 Å². The lowest BCUT2D eigenvalue weighted by Gasteiger charge is -1.99. The van der Waals surface area contributed by atoms with Crippen molar-refractivity contribution in [2.24, 2.45) is 12.8 Å². The van der Waals surface area contributed by atoms with E-state index in [1.165, 1.54) is 0 Å². The fourth-order valence-corrected chi connectivity index (χ4v) is 1.94. The van der Waals surface area contributed by atoms with Crippen molar-refractivity contribution in [1.29, 1.82) is 0 Å². The van der Waals surface area contributed by atoms with Crippen LogP contribution in [-0.4, -0.2) is 14.8 Å². The average Bonchev–Trinajstić information content (AvgIpc) is 2.43. The molecule has 0 atom stereocenters. The first kappa shape index (κ1) is 8.65. The summed E-state index contributed by atoms with van der Waals surface area (Å²) in [7, 11) is 1.90. The van der Waals surface area contributed by atoms with Gasteiger partial charge < -0.3 is 5.73 Å². The number of hydrogen-bond donors (Lipinski definition) is 1. The normalized spacial score (nSPS) is 11.0. The third-order valence-corrected chi connectivity index (χ3v) is 2.58. The Labute approximate surface area is 83.9 Å². The molecule has 0 aliphatic rings. The molecule has 0 unspecified atom stereocenters. The van der Waals surface area contributed by atoms with E-state index in [-0.39, 0.29) is 0 Å². The van der Waals surface area contributed by atoms with Crippen molar-refractivity contribution >= 4 is 26.8 Å². The molecule has 68 valence electrons. The fraction of sp³-hybridized carbons (Fsp3) is 0.250. The Balaban J connectivity index is 2.88. The smallest absolute Gasteiger partial charge is 0.137 e. The van der Waals surface area contributed by atoms with Crippen molar-refractivity contribution < 1.29 is 0 Å². The van der Waals surface area contributed by atoms with Crippen LogP contribution in [0.15, 0.2) is 17.0 Å². The molecule has 0 bridgehead atoms. The molecule has 2 N–H and O–H groups in total. The van der Waals surface area contributed by atoms with Crippen molar-refractivity contribution in [3.05, 3.63) is 22.6 Å². The van der Waals surface area contributed by atoms with E-state index >= 15 is 0 Å². The molecule has 0 saturated carbocycles. The lowest BCUT2D eigenvalue weighted by atomic mass is 10.2. The van der Waals surface area contributed by atoms with Crippen LogP contribution < -0.4 is 5.73 Å². The summed E-state index contributed by atoms with van der Waals surface area (Å²) in [5.74, 6) is 0. The fourth-order valence-electron chi connectivity index (χ4n) is 1.42. The van der Waals surface area contributed by atoms with Gasteiger partial charge in [0.2, 0.25) is 0 Å². The summed E-state index contributed by atoms with van der Waals surface area (Å²) in [4.78, 5) is 4.09. The Bertz CT molecular complexity index is 449. The summed E-state index contributed by atoms with van der Waals surface area (Å²) in [5.41, 5.74) is 7.66. The molecule has 0 fully saturated rings. The molecular formula is C8H9BrN4. The molecule has 0 aromatic carbocycles. The molecular weight excluding hydrogens is 232 g/mol. The molecule has 13 heavy (non-hydrogen) atoms. The van der Waals surface area contributed by atoms with E-state index in [9.17, 15) is 0 Å². The Morgan fingerprint density at radius 2 is 2.31 bits per heavy atom. The summed E-state index contributed by atoms with van der Waals surface area (Å²) < 4.78 is 2.62. The van der Waals surface area contributed by atoms with Gasteiger partial charge in [-0.2, -0.15) is 5.10 Å². The number of rotatable bonds is 1. The minimum Gasteiger partial charge on any atom is -0.326 e. The molecule has 5 heteroatoms. The maximum atomic E-state index is 5.60. The average molecular weight is 241 g/mol. The highest BCUT2D eigenvalue weighted by Crippen LogP contribution is 2.23. The van der Waals surface area contributed by atoms with Gasteiger partial charge in [0.15, 0.2) is 0 Å². The molecule has 4 nitrogen and oxygen atoms in total. The van der Waals surface area contributed by atoms with E-state index in [0.717, 1.165) is 21.1 Å². The molecule has 2 aromatic heterocycles. The predicted molar refractivity (Wildman–Crippen MR) is 54.1 cm³/mol. The van der Waals surface area contributed by atoms with E-state index < -0.39 is 0 Å². The number of fused-ring (bicyclic) bond motifs is 1. The van der Waals surface area contributed by atoms with Crippen LogP contribution in [0.5, 0.6) is 0 Å². The SMILES string of the molecule is Cn1nc(Br)c2cncc(CN)c21. The number of halogens is 1. The molecule has 2 aromatic rings. The molecule has 0 aliphatic heterocycles. The van der Waals surface area contributed by atoms with Gasteiger partial charge in [-0.15, -0.1) is 0 Å². The molecule has 0 amide bonds. The highest BCUT2D eigenvalue weighted by Gasteiger charge is 2.09. The number of hydrogen-bond acceptors (Lipinski definition) is 3. The first-order chi connectivity index (χ1) is 6.24. The second kappa shape index (κ2) is 3.08. The maximum absolute atomic E-state index is 5.60. The summed E-state index contributed by atoms with van der Waals surface area (Å²) in [6, 6.07) is 0. The number of nitrogens with two attached hydrogens (primary N) is 1. The van der Waals surface area contributed by atoms with Crippen molar-refractivity contribution in [3.8, 4) is 0 Å². The molecule has 2 rings (SSSR count). The topological polar surface area (TPSA) is 56.7 Å². The van der Waals surface area contributed by atoms with Crippen LogP contribution in [0.1, 0.15) is 5.56 Å². The van der Waals surface area contributed by atoms with Crippen LogP contribution in [0.3, 0.4) is 0 Å². The Morgan fingerprint density at radius 3 is 3.00 bits per heavy atom. The Kier molecular flexibility index (Phi) is 2.05. The van der Waals surface area contributed by atoms with Gasteiger partial charge in [-0.05, 0) is 15.9 Å². The second-order valence-corrected chi connectivity index (χ2v) is 3.56.